The van der Waals surface area contributed by atoms with Crippen LogP contribution in [0.5, 0.6) is 0 Å². The molecule has 39 heavy (non-hydrogen) atoms. The van der Waals surface area contributed by atoms with Crippen molar-refractivity contribution in [1.82, 2.24) is 5.01 Å². The van der Waals surface area contributed by atoms with Gasteiger partial charge in [0.25, 0.3) is 5.91 Å². The maximum Gasteiger partial charge on any atom is 0.254 e. The number of hydrogen-bond acceptors (Lipinski definition) is 7. The van der Waals surface area contributed by atoms with Crippen molar-refractivity contribution in [1.29, 1.82) is 0 Å². The van der Waals surface area contributed by atoms with Crippen molar-refractivity contribution >= 4 is 33.0 Å². The molecule has 4 rings (SSSR count). The molecule has 1 fully saturated rings. The molecule has 1 saturated heterocycles. The lowest BCUT2D eigenvalue weighted by Crippen LogP contribution is -2.57. The van der Waals surface area contributed by atoms with Gasteiger partial charge in [-0.05, 0) is 70.0 Å². The normalized spacial score (nSPS) is 22.5. The van der Waals surface area contributed by atoms with Crippen molar-refractivity contribution < 1.29 is 23.1 Å². The van der Waals surface area contributed by atoms with E-state index in [1.165, 1.54) is 22.6 Å². The number of nitrogens with one attached hydrogen (secondary N) is 1. The van der Waals surface area contributed by atoms with Crippen LogP contribution in [0.15, 0.2) is 94.9 Å². The van der Waals surface area contributed by atoms with Gasteiger partial charge in [-0.15, -0.1) is 0 Å². The van der Waals surface area contributed by atoms with E-state index < -0.39 is 39.8 Å². The zero-order valence-corrected chi connectivity index (χ0v) is 23.4. The smallest absolute Gasteiger partial charge is 0.254 e. The Morgan fingerprint density at radius 2 is 1.67 bits per heavy atom. The molecule has 4 atom stereocenters. The second-order valence-corrected chi connectivity index (χ2v) is 12.3. The molecule has 0 bridgehead atoms. The van der Waals surface area contributed by atoms with Crippen molar-refractivity contribution in [2.45, 2.75) is 56.7 Å². The Morgan fingerprint density at radius 1 is 1.00 bits per heavy atom. The summed E-state index contributed by atoms with van der Waals surface area (Å²) < 4.78 is 23.8. The first-order valence-corrected chi connectivity index (χ1v) is 14.8. The third-order valence-electron chi connectivity index (χ3n) is 6.91. The number of aliphatic hydroxyl groups is 1. The lowest BCUT2D eigenvalue weighted by molar-refractivity contribution is -0.123. The fraction of sp³-hybridized carbons (Fsp3) is 0.333. The van der Waals surface area contributed by atoms with E-state index in [9.17, 15) is 23.1 Å². The Labute approximate surface area is 230 Å². The van der Waals surface area contributed by atoms with E-state index in [-0.39, 0.29) is 10.8 Å². The molecule has 9 heteroatoms. The van der Waals surface area contributed by atoms with Crippen molar-refractivity contribution in [3.8, 4) is 0 Å². The first-order valence-electron chi connectivity index (χ1n) is 12.9. The summed E-state index contributed by atoms with van der Waals surface area (Å²) in [6.07, 6.45) is 9.19. The highest BCUT2D eigenvalue weighted by Gasteiger charge is 2.53. The molecular formula is C30H35N3O5S. The highest BCUT2D eigenvalue weighted by molar-refractivity contribution is 7.90. The molecule has 206 valence electrons. The van der Waals surface area contributed by atoms with Gasteiger partial charge in [-0.3, -0.25) is 9.59 Å². The number of para-hydroxylation sites is 1. The lowest BCUT2D eigenvalue weighted by Gasteiger charge is -2.40. The van der Waals surface area contributed by atoms with Crippen molar-refractivity contribution in [2.75, 3.05) is 16.6 Å². The molecule has 0 spiro atoms. The number of aliphatic hydroxyl groups excluding tert-OH is 1. The molecule has 2 N–H and O–H groups in total. The largest absolute Gasteiger partial charge is 0.387 e. The third-order valence-corrected chi connectivity index (χ3v) is 8.04. The van der Waals surface area contributed by atoms with Gasteiger partial charge in [-0.1, -0.05) is 53.6 Å². The van der Waals surface area contributed by atoms with E-state index in [4.69, 9.17) is 0 Å². The number of fused-ring (bicyclic) bond motifs is 1. The van der Waals surface area contributed by atoms with Crippen LogP contribution in [-0.4, -0.2) is 54.8 Å². The van der Waals surface area contributed by atoms with Gasteiger partial charge in [-0.25, -0.2) is 18.3 Å². The first kappa shape index (κ1) is 28.5. The van der Waals surface area contributed by atoms with Crippen LogP contribution in [0.4, 0.5) is 11.4 Å². The number of hydrazine groups is 1. The van der Waals surface area contributed by atoms with Crippen LogP contribution in [0.3, 0.4) is 0 Å². The number of hydrogen-bond donors (Lipinski definition) is 2. The highest BCUT2D eigenvalue weighted by Crippen LogP contribution is 2.36. The van der Waals surface area contributed by atoms with E-state index >= 15 is 0 Å². The van der Waals surface area contributed by atoms with Crippen LogP contribution < -0.4 is 10.3 Å². The standard InChI is InChI=1S/C30H35N3O5S/c1-20(2)9-8-10-21(3)19-27(34)26-18-17-25-28(30(36)32(29(25)35)23-11-6-5-7-12-23)33(26)31-22-13-15-24(16-14-22)39(4,37)38/h5-7,9,11-19,25-28,31,34H,8,10H2,1-4H3/t25?,26-,27?,28+/m1/s1. The summed E-state index contributed by atoms with van der Waals surface area (Å²) in [4.78, 5) is 28.5. The summed E-state index contributed by atoms with van der Waals surface area (Å²) in [6.45, 7) is 6.05. The van der Waals surface area contributed by atoms with Crippen LogP contribution in [-0.2, 0) is 19.4 Å². The van der Waals surface area contributed by atoms with E-state index in [0.717, 1.165) is 24.7 Å². The molecule has 2 aromatic carbocycles. The molecule has 0 radical (unpaired) electrons. The van der Waals surface area contributed by atoms with Crippen LogP contribution >= 0.6 is 0 Å². The molecule has 2 amide bonds. The SMILES string of the molecule is CC(C)=CCCC(C)=CC(O)[C@H]1C=CC2C(=O)N(c3ccccc3)C(=O)[C@H]2N1Nc1ccc(S(C)(=O)=O)cc1. The number of imide groups is 1. The van der Waals surface area contributed by atoms with Gasteiger partial charge < -0.3 is 10.5 Å². The first-order chi connectivity index (χ1) is 18.5. The zero-order valence-electron chi connectivity index (χ0n) is 22.6. The number of nitrogens with zero attached hydrogens (tertiary/aromatic N) is 2. The Kier molecular flexibility index (Phi) is 8.54. The second-order valence-electron chi connectivity index (χ2n) is 10.3. The van der Waals surface area contributed by atoms with E-state index in [0.29, 0.717) is 11.4 Å². The number of amides is 2. The molecular weight excluding hydrogens is 514 g/mol. The van der Waals surface area contributed by atoms with Crippen LogP contribution in [0.1, 0.15) is 33.6 Å². The second kappa shape index (κ2) is 11.7. The zero-order chi connectivity index (χ0) is 28.3. The highest BCUT2D eigenvalue weighted by atomic mass is 32.2. The predicted molar refractivity (Wildman–Crippen MR) is 153 cm³/mol. The Bertz CT molecular complexity index is 1410. The van der Waals surface area contributed by atoms with Gasteiger partial charge in [0.1, 0.15) is 6.04 Å². The Hall–Kier alpha value is -3.53. The monoisotopic (exact) mass is 549 g/mol. The third kappa shape index (κ3) is 6.38. The number of allylic oxidation sites excluding steroid dienone is 3. The summed E-state index contributed by atoms with van der Waals surface area (Å²) in [5.41, 5.74) is 6.45. The Morgan fingerprint density at radius 3 is 2.28 bits per heavy atom. The topological polar surface area (TPSA) is 107 Å². The molecule has 0 aromatic heterocycles. The van der Waals surface area contributed by atoms with Gasteiger partial charge in [0, 0.05) is 11.9 Å². The minimum atomic E-state index is -3.38. The average molecular weight is 550 g/mol. The summed E-state index contributed by atoms with van der Waals surface area (Å²) in [7, 11) is -3.38. The Balaban J connectivity index is 1.67. The van der Waals surface area contributed by atoms with Gasteiger partial charge in [0.05, 0.1) is 28.6 Å². The molecule has 8 nitrogen and oxygen atoms in total. The summed E-state index contributed by atoms with van der Waals surface area (Å²) in [5.74, 6) is -1.48. The van der Waals surface area contributed by atoms with Gasteiger partial charge in [0.2, 0.25) is 5.91 Å². The summed E-state index contributed by atoms with van der Waals surface area (Å²) >= 11 is 0. The van der Waals surface area contributed by atoms with Crippen LogP contribution in [0, 0.1) is 5.92 Å². The number of sulfone groups is 1. The molecule has 2 unspecified atom stereocenters. The van der Waals surface area contributed by atoms with Gasteiger partial charge in [-0.2, -0.15) is 0 Å². The number of carbonyl (C=O) groups excluding carboxylic acids is 2. The molecule has 2 aliphatic rings. The van der Waals surface area contributed by atoms with E-state index in [1.807, 2.05) is 26.8 Å². The van der Waals surface area contributed by atoms with Gasteiger partial charge in [0.15, 0.2) is 9.84 Å². The summed E-state index contributed by atoms with van der Waals surface area (Å²) in [6, 6.07) is 13.4. The summed E-state index contributed by atoms with van der Waals surface area (Å²) in [5, 5.41) is 12.9. The maximum atomic E-state index is 13.7. The fourth-order valence-corrected chi connectivity index (χ4v) is 5.54. The molecule has 0 aliphatic carbocycles. The van der Waals surface area contributed by atoms with Gasteiger partial charge >= 0.3 is 0 Å². The average Bonchev–Trinajstić information content (AvgIpc) is 3.14. The lowest BCUT2D eigenvalue weighted by atomic mass is 9.92. The number of benzene rings is 2. The van der Waals surface area contributed by atoms with Crippen LogP contribution in [0.2, 0.25) is 0 Å². The van der Waals surface area contributed by atoms with Crippen molar-refractivity contribution in [3.63, 3.8) is 0 Å². The molecule has 2 aliphatic heterocycles. The predicted octanol–water partition coefficient (Wildman–Crippen LogP) is 4.27. The molecule has 0 saturated carbocycles. The van der Waals surface area contributed by atoms with Crippen molar-refractivity contribution in [2.24, 2.45) is 5.92 Å². The van der Waals surface area contributed by atoms with E-state index in [1.54, 1.807) is 59.6 Å². The van der Waals surface area contributed by atoms with Crippen molar-refractivity contribution in [3.05, 3.63) is 90.0 Å². The number of carbonyl (C=O) groups is 2. The maximum absolute atomic E-state index is 13.7. The minimum Gasteiger partial charge on any atom is -0.387 e. The van der Waals surface area contributed by atoms with Crippen LogP contribution in [0.25, 0.3) is 0 Å². The molecule has 2 heterocycles. The number of rotatable bonds is 9. The molecule has 2 aromatic rings. The van der Waals surface area contributed by atoms with E-state index in [2.05, 4.69) is 11.5 Å². The quantitative estimate of drug-likeness (QED) is 0.355. The minimum absolute atomic E-state index is 0.165. The number of anilines is 2. The fourth-order valence-electron chi connectivity index (χ4n) is 4.91.